The Morgan fingerprint density at radius 1 is 0.800 bits per heavy atom. The zero-order valence-electron chi connectivity index (χ0n) is 43.0. The quantitative estimate of drug-likeness (QED) is 0.00978. The van der Waals surface area contributed by atoms with Gasteiger partial charge in [0.15, 0.2) is 5.71 Å². The number of hydrogen-bond donors (Lipinski definition) is 5. The highest BCUT2D eigenvalue weighted by molar-refractivity contribution is 7.94. The van der Waals surface area contributed by atoms with Crippen molar-refractivity contribution in [3.05, 3.63) is 119 Å². The molecule has 75 heavy (non-hydrogen) atoms. The standard InChI is InChI=1S/C53H60N4O14S4/c1-10-56-41-22-19-36-38(27-34(73(61,62)63)29-43(36)72-71-70-60)48(41)52(6,7)45(56)24-17-32(40-21-16-33(31-55-40)50(59)54-26-14-12-13-15-47(58)51(3,4)5)18-25-46-53(8,9)49-39-28-35(74(64,65)66)30-44(75(67,68)69)37(39)20-23-42(49)57(46)11-2/h16-25,27-31H,10-15,26H2,1-9H3,(H4-,54,59,60,61,62,63,64,65,66,67,68,69)/p+1. The van der Waals surface area contributed by atoms with Gasteiger partial charge in [0.25, 0.3) is 36.3 Å². The molecule has 0 saturated carbocycles. The van der Waals surface area contributed by atoms with Crippen LogP contribution in [0.1, 0.15) is 115 Å². The fraction of sp³-hybridized carbons (Fsp3) is 0.358. The number of pyridine rings is 1. The molecule has 0 fully saturated rings. The van der Waals surface area contributed by atoms with Crippen molar-refractivity contribution in [1.29, 1.82) is 0 Å². The van der Waals surface area contributed by atoms with Gasteiger partial charge in [0.1, 0.15) is 17.2 Å². The van der Waals surface area contributed by atoms with Crippen LogP contribution in [-0.2, 0) is 55.4 Å². The molecule has 0 unspecified atom stereocenters. The zero-order valence-corrected chi connectivity index (χ0v) is 46.2. The number of aromatic nitrogens is 1. The maximum absolute atomic E-state index is 13.4. The lowest BCUT2D eigenvalue weighted by Crippen LogP contribution is -2.27. The highest BCUT2D eigenvalue weighted by Crippen LogP contribution is 2.52. The molecule has 5 aromatic rings. The highest BCUT2D eigenvalue weighted by Gasteiger charge is 2.46. The molecule has 5 N–H and O–H groups in total. The van der Waals surface area contributed by atoms with Gasteiger partial charge in [-0.1, -0.05) is 58.2 Å². The molecule has 1 aromatic heterocycles. The number of carbonyl (C=O) groups excluding carboxylic acids is 2. The Labute approximate surface area is 441 Å². The van der Waals surface area contributed by atoms with Crippen LogP contribution in [0.5, 0.6) is 0 Å². The third-order valence-corrected chi connectivity index (χ3v) is 17.0. The van der Waals surface area contributed by atoms with Gasteiger partial charge in [-0.2, -0.15) is 29.8 Å². The number of amides is 1. The number of anilines is 1. The molecule has 0 aliphatic carbocycles. The number of nitrogens with zero attached hydrogens (tertiary/aromatic N) is 3. The number of benzene rings is 4. The van der Waals surface area contributed by atoms with Crippen LogP contribution in [0.3, 0.4) is 0 Å². The normalized spacial score (nSPS) is 16.4. The zero-order chi connectivity index (χ0) is 55.2. The maximum atomic E-state index is 13.4. The Morgan fingerprint density at radius 2 is 1.45 bits per heavy atom. The summed E-state index contributed by atoms with van der Waals surface area (Å²) in [6.07, 6.45) is 11.6. The fourth-order valence-corrected chi connectivity index (χ4v) is 12.6. The first-order valence-corrected chi connectivity index (χ1v) is 29.1. The van der Waals surface area contributed by atoms with E-state index in [1.54, 1.807) is 24.3 Å². The number of fused-ring (bicyclic) bond motifs is 6. The molecule has 0 spiro atoms. The average Bonchev–Trinajstić information content (AvgIpc) is 3.70. The predicted octanol–water partition coefficient (Wildman–Crippen LogP) is 10.2. The number of unbranched alkanes of at least 4 members (excludes halogenated alkanes) is 2. The smallest absolute Gasteiger partial charge is 0.295 e. The van der Waals surface area contributed by atoms with Crippen LogP contribution in [0.15, 0.2) is 116 Å². The van der Waals surface area contributed by atoms with Crippen molar-refractivity contribution in [1.82, 2.24) is 10.3 Å². The fourth-order valence-electron chi connectivity index (χ4n) is 10.1. The molecular weight excluding hydrogens is 1040 g/mol. The van der Waals surface area contributed by atoms with Gasteiger partial charge in [0.05, 0.1) is 38.5 Å². The molecule has 18 nitrogen and oxygen atoms in total. The lowest BCUT2D eigenvalue weighted by Gasteiger charge is -2.26. The number of rotatable bonds is 19. The molecule has 0 bridgehead atoms. The summed E-state index contributed by atoms with van der Waals surface area (Å²) >= 11 is 0.563. The van der Waals surface area contributed by atoms with E-state index in [-0.39, 0.29) is 27.4 Å². The van der Waals surface area contributed by atoms with Crippen molar-refractivity contribution in [3.8, 4) is 0 Å². The van der Waals surface area contributed by atoms with E-state index in [2.05, 4.69) is 14.9 Å². The lowest BCUT2D eigenvalue weighted by atomic mass is 9.79. The van der Waals surface area contributed by atoms with Crippen LogP contribution < -0.4 is 10.2 Å². The van der Waals surface area contributed by atoms with Crippen molar-refractivity contribution in [3.63, 3.8) is 0 Å². The van der Waals surface area contributed by atoms with E-state index in [0.29, 0.717) is 89.1 Å². The van der Waals surface area contributed by atoms with Crippen LogP contribution in [-0.4, -0.2) is 90.8 Å². The molecule has 22 heteroatoms. The van der Waals surface area contributed by atoms with E-state index < -0.39 is 61.3 Å². The van der Waals surface area contributed by atoms with Crippen LogP contribution in [0.25, 0.3) is 27.1 Å². The summed E-state index contributed by atoms with van der Waals surface area (Å²) in [4.78, 5) is 30.9. The van der Waals surface area contributed by atoms with E-state index in [1.807, 2.05) is 97.6 Å². The summed E-state index contributed by atoms with van der Waals surface area (Å²) in [5.41, 5.74) is 3.36. The molecule has 0 radical (unpaired) electrons. The number of nitrogens with one attached hydrogen (secondary N) is 1. The number of allylic oxidation sites excluding steroid dienone is 6. The van der Waals surface area contributed by atoms with E-state index in [9.17, 15) is 48.5 Å². The lowest BCUT2D eigenvalue weighted by molar-refractivity contribution is -0.433. The Hall–Kier alpha value is -5.66. The average molecular weight is 1110 g/mol. The second-order valence-corrected chi connectivity index (χ2v) is 25.4. The van der Waals surface area contributed by atoms with Gasteiger partial charge in [-0.15, -0.1) is 4.33 Å². The first-order chi connectivity index (χ1) is 35.0. The minimum absolute atomic E-state index is 0.0521. The maximum Gasteiger partial charge on any atom is 0.295 e. The van der Waals surface area contributed by atoms with Gasteiger partial charge in [-0.3, -0.25) is 28.2 Å². The van der Waals surface area contributed by atoms with Crippen LogP contribution in [0.4, 0.5) is 11.4 Å². The summed E-state index contributed by atoms with van der Waals surface area (Å²) in [6.45, 7) is 18.6. The topological polar surface area (TPSA) is 267 Å². The molecule has 2 aliphatic heterocycles. The Bertz CT molecular complexity index is 3620. The second kappa shape index (κ2) is 21.4. The van der Waals surface area contributed by atoms with Crippen LogP contribution in [0, 0.1) is 5.41 Å². The molecule has 1 amide bonds. The van der Waals surface area contributed by atoms with Gasteiger partial charge in [-0.05, 0) is 123 Å². The third-order valence-electron chi connectivity index (χ3n) is 13.8. The number of hydrogen-bond acceptors (Lipinski definition) is 14. The minimum Gasteiger partial charge on any atom is -0.352 e. The Balaban J connectivity index is 1.33. The van der Waals surface area contributed by atoms with E-state index >= 15 is 0 Å². The molecular formula is C53H61N4O14S4+. The van der Waals surface area contributed by atoms with Crippen molar-refractivity contribution in [2.75, 3.05) is 24.5 Å². The summed E-state index contributed by atoms with van der Waals surface area (Å²) in [5, 5.41) is 17.0. The van der Waals surface area contributed by atoms with Gasteiger partial charge in [-0.25, -0.2) is 5.26 Å². The predicted molar refractivity (Wildman–Crippen MR) is 287 cm³/mol. The molecule has 7 rings (SSSR count). The van der Waals surface area contributed by atoms with Gasteiger partial charge < -0.3 is 10.2 Å². The van der Waals surface area contributed by atoms with Crippen LogP contribution >= 0.6 is 12.0 Å². The summed E-state index contributed by atoms with van der Waals surface area (Å²) in [6, 6.07) is 14.8. The largest absolute Gasteiger partial charge is 0.352 e. The number of ketones is 1. The van der Waals surface area contributed by atoms with Gasteiger partial charge in [0, 0.05) is 81.5 Å². The van der Waals surface area contributed by atoms with E-state index in [4.69, 9.17) is 14.6 Å². The first kappa shape index (κ1) is 57.1. The minimum atomic E-state index is -4.97. The third kappa shape index (κ3) is 11.6. The first-order valence-electron chi connectivity index (χ1n) is 24.1. The van der Waals surface area contributed by atoms with Crippen LogP contribution in [0.2, 0.25) is 0 Å². The number of likely N-dealkylation sites (N-methyl/N-ethyl adjacent to an activating group) is 1. The van der Waals surface area contributed by atoms with Crippen molar-refractivity contribution in [2.45, 2.75) is 118 Å². The summed E-state index contributed by atoms with van der Waals surface area (Å²) in [7, 11) is -14.6. The Kier molecular flexibility index (Phi) is 16.3. The van der Waals surface area contributed by atoms with E-state index in [1.165, 1.54) is 30.5 Å². The molecule has 400 valence electrons. The number of carbonyl (C=O) groups is 2. The second-order valence-electron chi connectivity index (χ2n) is 20.4. The SMILES string of the molecule is CCN1/C(=C/C=C(/C=C/C2=[N+](CC)c3ccc4c(SOOO)cc(S(=O)(=O)O)cc4c3C2(C)C)c2ccc(C(=O)NCCCCCC(=O)C(C)(C)C)cn2)C(C)(C)c2c1ccc1c(S(=O)(=O)O)cc(S(=O)(=O)O)cc21. The molecule has 0 atom stereocenters. The summed E-state index contributed by atoms with van der Waals surface area (Å²) < 4.78 is 113. The monoisotopic (exact) mass is 1110 g/mol. The molecule has 4 aromatic carbocycles. The van der Waals surface area contributed by atoms with Gasteiger partial charge >= 0.3 is 0 Å². The molecule has 0 saturated heterocycles. The molecule has 3 heterocycles. The highest BCUT2D eigenvalue weighted by atomic mass is 32.2. The van der Waals surface area contributed by atoms with Crippen molar-refractivity contribution < 1.29 is 67.7 Å². The Morgan fingerprint density at radius 3 is 2.04 bits per heavy atom. The molecule has 2 aliphatic rings. The summed E-state index contributed by atoms with van der Waals surface area (Å²) in [5.74, 6) is -0.131. The van der Waals surface area contributed by atoms with Crippen molar-refractivity contribution >= 4 is 98.3 Å². The van der Waals surface area contributed by atoms with Gasteiger partial charge in [0.2, 0.25) is 5.69 Å². The van der Waals surface area contributed by atoms with Crippen molar-refractivity contribution in [2.24, 2.45) is 5.41 Å². The number of Topliss-reactive ketones (excluding diaryl/α,β-unsaturated/α-hetero) is 1. The van der Waals surface area contributed by atoms with E-state index in [0.717, 1.165) is 35.9 Å².